The van der Waals surface area contributed by atoms with Crippen LogP contribution in [0.4, 0.5) is 5.69 Å². The van der Waals surface area contributed by atoms with E-state index in [1.165, 1.54) is 0 Å². The molecule has 1 aliphatic rings. The molecule has 8 nitrogen and oxygen atoms in total. The van der Waals surface area contributed by atoms with E-state index >= 15 is 0 Å². The number of amides is 1. The summed E-state index contributed by atoms with van der Waals surface area (Å²) >= 11 is 0. The average Bonchev–Trinajstić information content (AvgIpc) is 3.13. The van der Waals surface area contributed by atoms with Crippen LogP contribution in [0.1, 0.15) is 21.8 Å². The number of benzene rings is 2. The summed E-state index contributed by atoms with van der Waals surface area (Å²) < 4.78 is 27.2. The third-order valence-electron chi connectivity index (χ3n) is 4.44. The zero-order valence-electron chi connectivity index (χ0n) is 16.1. The molecule has 4 rings (SSSR count). The van der Waals surface area contributed by atoms with Crippen LogP contribution in [-0.2, 0) is 6.61 Å². The lowest BCUT2D eigenvalue weighted by molar-refractivity contribution is 0.101. The predicted molar refractivity (Wildman–Crippen MR) is 104 cm³/mol. The zero-order valence-corrected chi connectivity index (χ0v) is 16.1. The van der Waals surface area contributed by atoms with Gasteiger partial charge >= 0.3 is 0 Å². The van der Waals surface area contributed by atoms with Crippen LogP contribution >= 0.6 is 0 Å². The lowest BCUT2D eigenvalue weighted by atomic mass is 10.2. The van der Waals surface area contributed by atoms with E-state index in [0.29, 0.717) is 47.5 Å². The lowest BCUT2D eigenvalue weighted by Gasteiger charge is -2.18. The zero-order chi connectivity index (χ0) is 20.2. The number of hydrogen-bond donors (Lipinski definition) is 1. The van der Waals surface area contributed by atoms with E-state index < -0.39 is 5.91 Å². The Morgan fingerprint density at radius 2 is 1.79 bits per heavy atom. The van der Waals surface area contributed by atoms with Crippen molar-refractivity contribution in [1.82, 2.24) is 5.16 Å². The highest BCUT2D eigenvalue weighted by Crippen LogP contribution is 2.32. The molecule has 1 amide bonds. The van der Waals surface area contributed by atoms with Crippen molar-refractivity contribution >= 4 is 11.6 Å². The quantitative estimate of drug-likeness (QED) is 0.681. The number of carbonyl (C=O) groups is 1. The van der Waals surface area contributed by atoms with Crippen molar-refractivity contribution in [3.63, 3.8) is 0 Å². The minimum absolute atomic E-state index is 0.144. The molecule has 0 unspecified atom stereocenters. The molecule has 2 heterocycles. The second kappa shape index (κ2) is 8.14. The Hall–Kier alpha value is -3.68. The normalized spacial score (nSPS) is 12.3. The van der Waals surface area contributed by atoms with E-state index in [4.69, 9.17) is 23.5 Å². The molecule has 1 aromatic heterocycles. The van der Waals surface area contributed by atoms with Gasteiger partial charge in [0.2, 0.25) is 0 Å². The van der Waals surface area contributed by atoms with Crippen LogP contribution in [0.5, 0.6) is 23.0 Å². The molecule has 0 radical (unpaired) electrons. The van der Waals surface area contributed by atoms with Gasteiger partial charge < -0.3 is 28.8 Å². The Balaban J connectivity index is 1.46. The van der Waals surface area contributed by atoms with Gasteiger partial charge in [-0.05, 0) is 43.3 Å². The molecule has 2 aromatic carbocycles. The first-order chi connectivity index (χ1) is 14.1. The van der Waals surface area contributed by atoms with E-state index in [1.807, 2.05) is 0 Å². The summed E-state index contributed by atoms with van der Waals surface area (Å²) in [7, 11) is 1.60. The van der Waals surface area contributed by atoms with Gasteiger partial charge in [-0.2, -0.15) is 0 Å². The van der Waals surface area contributed by atoms with Crippen molar-refractivity contribution in [2.45, 2.75) is 13.5 Å². The average molecular weight is 396 g/mol. The van der Waals surface area contributed by atoms with Gasteiger partial charge in [0.05, 0.1) is 12.7 Å². The fourth-order valence-electron chi connectivity index (χ4n) is 2.88. The van der Waals surface area contributed by atoms with E-state index in [-0.39, 0.29) is 12.3 Å². The van der Waals surface area contributed by atoms with Crippen molar-refractivity contribution in [2.75, 3.05) is 25.6 Å². The number of rotatable bonds is 6. The number of hydrogen-bond acceptors (Lipinski definition) is 7. The maximum atomic E-state index is 12.7. The number of carbonyl (C=O) groups excluding carboxylic acids is 1. The highest BCUT2D eigenvalue weighted by atomic mass is 16.6. The summed E-state index contributed by atoms with van der Waals surface area (Å²) in [5.41, 5.74) is 1.32. The number of fused-ring (bicyclic) bond motifs is 1. The molecule has 0 fully saturated rings. The van der Waals surface area contributed by atoms with Crippen LogP contribution in [0.2, 0.25) is 0 Å². The highest BCUT2D eigenvalue weighted by Gasteiger charge is 2.21. The fourth-order valence-corrected chi connectivity index (χ4v) is 2.88. The summed E-state index contributed by atoms with van der Waals surface area (Å²) in [6.07, 6.45) is 0. The van der Waals surface area contributed by atoms with Crippen LogP contribution in [0, 0.1) is 6.92 Å². The molecular formula is C21H20N2O6. The van der Waals surface area contributed by atoms with Gasteiger partial charge in [0.1, 0.15) is 37.1 Å². The van der Waals surface area contributed by atoms with E-state index in [1.54, 1.807) is 56.5 Å². The molecule has 0 aliphatic carbocycles. The number of nitrogens with zero attached hydrogens (tertiary/aromatic N) is 1. The first-order valence-corrected chi connectivity index (χ1v) is 9.07. The Morgan fingerprint density at radius 1 is 1.07 bits per heavy atom. The third kappa shape index (κ3) is 4.11. The van der Waals surface area contributed by atoms with Gasteiger partial charge in [-0.15, -0.1) is 0 Å². The van der Waals surface area contributed by atoms with Gasteiger partial charge in [-0.3, -0.25) is 4.79 Å². The van der Waals surface area contributed by atoms with Crippen molar-refractivity contribution in [3.8, 4) is 23.0 Å². The highest BCUT2D eigenvalue weighted by molar-refractivity contribution is 6.04. The van der Waals surface area contributed by atoms with Gasteiger partial charge in [-0.1, -0.05) is 5.16 Å². The molecular weight excluding hydrogens is 376 g/mol. The Labute approximate surface area is 167 Å². The van der Waals surface area contributed by atoms with E-state index in [2.05, 4.69) is 10.5 Å². The largest absolute Gasteiger partial charge is 0.497 e. The summed E-state index contributed by atoms with van der Waals surface area (Å²) in [6, 6.07) is 12.4. The van der Waals surface area contributed by atoms with Crippen LogP contribution in [-0.4, -0.2) is 31.4 Å². The maximum Gasteiger partial charge on any atom is 0.278 e. The molecule has 0 bridgehead atoms. The standard InChI is InChI=1S/C21H20N2O6/c1-13-17(12-28-16-6-4-15(25-2)5-7-16)20(23-29-13)21(24)22-14-3-8-18-19(11-14)27-10-9-26-18/h3-8,11H,9-10,12H2,1-2H3,(H,22,24). The molecule has 8 heteroatoms. The third-order valence-corrected chi connectivity index (χ3v) is 4.44. The fraction of sp³-hybridized carbons (Fsp3) is 0.238. The van der Waals surface area contributed by atoms with Gasteiger partial charge in [0.15, 0.2) is 17.2 Å². The minimum Gasteiger partial charge on any atom is -0.497 e. The van der Waals surface area contributed by atoms with Crippen molar-refractivity contribution < 1.29 is 28.3 Å². The molecule has 0 saturated carbocycles. The summed E-state index contributed by atoms with van der Waals surface area (Å²) in [4.78, 5) is 12.7. The molecule has 150 valence electrons. The number of aryl methyl sites for hydroxylation is 1. The maximum absolute atomic E-state index is 12.7. The van der Waals surface area contributed by atoms with Crippen LogP contribution in [0.3, 0.4) is 0 Å². The molecule has 1 aliphatic heterocycles. The lowest BCUT2D eigenvalue weighted by Crippen LogP contribution is -2.17. The van der Waals surface area contributed by atoms with Gasteiger partial charge in [-0.25, -0.2) is 0 Å². The summed E-state index contributed by atoms with van der Waals surface area (Å²) in [5, 5.41) is 6.70. The summed E-state index contributed by atoms with van der Waals surface area (Å²) in [5.74, 6) is 2.74. The molecule has 0 saturated heterocycles. The van der Waals surface area contributed by atoms with Crippen LogP contribution in [0.25, 0.3) is 0 Å². The van der Waals surface area contributed by atoms with Crippen LogP contribution < -0.4 is 24.3 Å². The second-order valence-corrected chi connectivity index (χ2v) is 6.34. The first-order valence-electron chi connectivity index (χ1n) is 9.07. The Bertz CT molecular complexity index is 1010. The van der Waals surface area contributed by atoms with Crippen molar-refractivity contribution in [2.24, 2.45) is 0 Å². The predicted octanol–water partition coefficient (Wildman–Crippen LogP) is 3.59. The smallest absolute Gasteiger partial charge is 0.278 e. The van der Waals surface area contributed by atoms with Gasteiger partial charge in [0, 0.05) is 11.8 Å². The topological polar surface area (TPSA) is 92.1 Å². The number of methoxy groups -OCH3 is 1. The molecule has 0 atom stereocenters. The number of aromatic nitrogens is 1. The SMILES string of the molecule is COc1ccc(OCc2c(C(=O)Nc3ccc4c(c3)OCCO4)noc2C)cc1. The molecule has 1 N–H and O–H groups in total. The summed E-state index contributed by atoms with van der Waals surface area (Å²) in [6.45, 7) is 2.86. The van der Waals surface area contributed by atoms with Crippen LogP contribution in [0.15, 0.2) is 47.0 Å². The van der Waals surface area contributed by atoms with Crippen molar-refractivity contribution in [3.05, 3.63) is 59.5 Å². The molecule has 29 heavy (non-hydrogen) atoms. The molecule has 0 spiro atoms. The first kappa shape index (κ1) is 18.7. The van der Waals surface area contributed by atoms with Gasteiger partial charge in [0.25, 0.3) is 5.91 Å². The molecule has 3 aromatic rings. The van der Waals surface area contributed by atoms with E-state index in [9.17, 15) is 4.79 Å². The number of ether oxygens (including phenoxy) is 4. The van der Waals surface area contributed by atoms with E-state index in [0.717, 1.165) is 5.75 Å². The number of nitrogens with one attached hydrogen (secondary N) is 1. The number of anilines is 1. The Morgan fingerprint density at radius 3 is 2.55 bits per heavy atom. The minimum atomic E-state index is -0.396. The Kier molecular flexibility index (Phi) is 5.24. The second-order valence-electron chi connectivity index (χ2n) is 6.34. The van der Waals surface area contributed by atoms with Crippen molar-refractivity contribution in [1.29, 1.82) is 0 Å². The monoisotopic (exact) mass is 396 g/mol.